The van der Waals surface area contributed by atoms with Crippen molar-refractivity contribution in [3.05, 3.63) is 35.6 Å². The summed E-state index contributed by atoms with van der Waals surface area (Å²) in [6.45, 7) is 2.21. The fourth-order valence-electron chi connectivity index (χ4n) is 1.22. The molecule has 0 N–H and O–H groups in total. The minimum atomic E-state index is -0.148. The van der Waals surface area contributed by atoms with E-state index in [0.29, 0.717) is 0 Å². The molecule has 0 saturated carbocycles. The highest BCUT2D eigenvalue weighted by Gasteiger charge is 1.94. The lowest BCUT2D eigenvalue weighted by atomic mass is 10.2. The average Bonchev–Trinajstić information content (AvgIpc) is 2.21. The van der Waals surface area contributed by atoms with Crippen LogP contribution < -0.4 is 0 Å². The van der Waals surface area contributed by atoms with E-state index in [2.05, 4.69) is 6.92 Å². The molecule has 0 nitrogen and oxygen atoms in total. The summed E-state index contributed by atoms with van der Waals surface area (Å²) in [4.78, 5) is 0. The maximum atomic E-state index is 12.6. The summed E-state index contributed by atoms with van der Waals surface area (Å²) in [6, 6.07) is 6.79. The quantitative estimate of drug-likeness (QED) is 0.635. The second-order valence-electron chi connectivity index (χ2n) is 3.39. The molecule has 1 aromatic rings. The van der Waals surface area contributed by atoms with Gasteiger partial charge in [0.25, 0.3) is 0 Å². The van der Waals surface area contributed by atoms with Gasteiger partial charge in [-0.05, 0) is 29.9 Å². The van der Waals surface area contributed by atoms with Crippen LogP contribution in [0.1, 0.15) is 31.7 Å². The zero-order valence-electron chi connectivity index (χ0n) is 8.63. The Morgan fingerprint density at radius 2 is 1.86 bits per heavy atom. The van der Waals surface area contributed by atoms with Gasteiger partial charge in [-0.1, -0.05) is 31.9 Å². The van der Waals surface area contributed by atoms with Gasteiger partial charge >= 0.3 is 0 Å². The van der Waals surface area contributed by atoms with Gasteiger partial charge in [0.15, 0.2) is 0 Å². The molecule has 0 bridgehead atoms. The third kappa shape index (κ3) is 4.66. The van der Waals surface area contributed by atoms with E-state index in [1.54, 1.807) is 0 Å². The van der Waals surface area contributed by atoms with Crippen molar-refractivity contribution < 1.29 is 4.39 Å². The fourth-order valence-corrected chi connectivity index (χ4v) is 2.21. The van der Waals surface area contributed by atoms with Gasteiger partial charge in [-0.15, -0.1) is 0 Å². The molecule has 0 aliphatic carbocycles. The van der Waals surface area contributed by atoms with Crippen molar-refractivity contribution in [2.24, 2.45) is 0 Å². The van der Waals surface area contributed by atoms with E-state index in [1.807, 2.05) is 23.9 Å². The molecule has 1 rings (SSSR count). The Bertz CT molecular complexity index is 243. The molecule has 14 heavy (non-hydrogen) atoms. The van der Waals surface area contributed by atoms with Crippen LogP contribution in [0.25, 0.3) is 0 Å². The van der Waals surface area contributed by atoms with Crippen molar-refractivity contribution in [1.82, 2.24) is 0 Å². The Hall–Kier alpha value is -0.500. The number of benzene rings is 1. The number of thioether (sulfide) groups is 1. The minimum absolute atomic E-state index is 0.148. The van der Waals surface area contributed by atoms with Gasteiger partial charge in [0, 0.05) is 5.75 Å². The van der Waals surface area contributed by atoms with Gasteiger partial charge < -0.3 is 0 Å². The maximum absolute atomic E-state index is 12.6. The molecule has 0 amide bonds. The largest absolute Gasteiger partial charge is 0.207 e. The summed E-state index contributed by atoms with van der Waals surface area (Å²) in [5, 5.41) is 0. The van der Waals surface area contributed by atoms with E-state index in [1.165, 1.54) is 42.7 Å². The molecule has 78 valence electrons. The van der Waals surface area contributed by atoms with E-state index in [9.17, 15) is 4.39 Å². The fraction of sp³-hybridized carbons (Fsp3) is 0.500. The Morgan fingerprint density at radius 1 is 1.14 bits per heavy atom. The first-order valence-electron chi connectivity index (χ1n) is 5.15. The van der Waals surface area contributed by atoms with Crippen LogP contribution in [0.15, 0.2) is 24.3 Å². The summed E-state index contributed by atoms with van der Waals surface area (Å²) < 4.78 is 12.6. The highest BCUT2D eigenvalue weighted by molar-refractivity contribution is 7.98. The molecule has 2 heteroatoms. The minimum Gasteiger partial charge on any atom is -0.207 e. The molecule has 0 aromatic heterocycles. The van der Waals surface area contributed by atoms with Gasteiger partial charge in [0.1, 0.15) is 5.82 Å². The summed E-state index contributed by atoms with van der Waals surface area (Å²) in [6.07, 6.45) is 3.88. The molecular formula is C12H17FS. The van der Waals surface area contributed by atoms with Gasteiger partial charge in [0.2, 0.25) is 0 Å². The van der Waals surface area contributed by atoms with Crippen LogP contribution in [0.5, 0.6) is 0 Å². The maximum Gasteiger partial charge on any atom is 0.123 e. The molecule has 0 aliphatic rings. The lowest BCUT2D eigenvalue weighted by molar-refractivity contribution is 0.627. The molecule has 0 heterocycles. The van der Waals surface area contributed by atoms with E-state index in [-0.39, 0.29) is 5.82 Å². The van der Waals surface area contributed by atoms with Gasteiger partial charge in [-0.25, -0.2) is 4.39 Å². The highest BCUT2D eigenvalue weighted by atomic mass is 32.2. The zero-order valence-corrected chi connectivity index (χ0v) is 9.45. The molecule has 0 radical (unpaired) electrons. The highest BCUT2D eigenvalue weighted by Crippen LogP contribution is 2.14. The summed E-state index contributed by atoms with van der Waals surface area (Å²) in [5.74, 6) is 2.07. The van der Waals surface area contributed by atoms with Crippen LogP contribution in [0.4, 0.5) is 4.39 Å². The van der Waals surface area contributed by atoms with Crippen LogP contribution in [-0.2, 0) is 5.75 Å². The molecule has 0 spiro atoms. The summed E-state index contributed by atoms with van der Waals surface area (Å²) >= 11 is 1.93. The van der Waals surface area contributed by atoms with E-state index < -0.39 is 0 Å². The number of halogens is 1. The van der Waals surface area contributed by atoms with Gasteiger partial charge in [0.05, 0.1) is 0 Å². The van der Waals surface area contributed by atoms with Gasteiger partial charge in [-0.3, -0.25) is 0 Å². The monoisotopic (exact) mass is 212 g/mol. The molecule has 0 saturated heterocycles. The van der Waals surface area contributed by atoms with Crippen LogP contribution in [0, 0.1) is 5.82 Å². The first-order valence-corrected chi connectivity index (χ1v) is 6.30. The van der Waals surface area contributed by atoms with Crippen molar-refractivity contribution in [3.63, 3.8) is 0 Å². The standard InChI is InChI=1S/C12H17FS/c1-2-3-4-9-14-10-11-5-7-12(13)8-6-11/h5-8H,2-4,9-10H2,1H3. The predicted octanol–water partition coefficient (Wildman–Crippen LogP) is 4.25. The lowest BCUT2D eigenvalue weighted by Gasteiger charge is -2.01. The molecule has 0 unspecified atom stereocenters. The lowest BCUT2D eigenvalue weighted by Crippen LogP contribution is -1.84. The Balaban J connectivity index is 2.15. The van der Waals surface area contributed by atoms with Crippen LogP contribution in [0.2, 0.25) is 0 Å². The van der Waals surface area contributed by atoms with Crippen molar-refractivity contribution in [3.8, 4) is 0 Å². The van der Waals surface area contributed by atoms with Crippen LogP contribution in [-0.4, -0.2) is 5.75 Å². The Labute approximate surface area is 89.9 Å². The van der Waals surface area contributed by atoms with Crippen molar-refractivity contribution in [1.29, 1.82) is 0 Å². The molecule has 1 aromatic carbocycles. The van der Waals surface area contributed by atoms with E-state index in [0.717, 1.165) is 5.75 Å². The average molecular weight is 212 g/mol. The van der Waals surface area contributed by atoms with Crippen molar-refractivity contribution in [2.45, 2.75) is 31.9 Å². The zero-order chi connectivity index (χ0) is 10.2. The topological polar surface area (TPSA) is 0 Å². The van der Waals surface area contributed by atoms with Crippen molar-refractivity contribution in [2.75, 3.05) is 5.75 Å². The second kappa shape index (κ2) is 6.88. The molecule has 0 fully saturated rings. The van der Waals surface area contributed by atoms with Crippen LogP contribution >= 0.6 is 11.8 Å². The summed E-state index contributed by atoms with van der Waals surface area (Å²) in [7, 11) is 0. The number of hydrogen-bond donors (Lipinski definition) is 0. The SMILES string of the molecule is CCCCCSCc1ccc(F)cc1. The Morgan fingerprint density at radius 3 is 2.50 bits per heavy atom. The first kappa shape index (κ1) is 11.6. The van der Waals surface area contributed by atoms with E-state index >= 15 is 0 Å². The van der Waals surface area contributed by atoms with Gasteiger partial charge in [-0.2, -0.15) is 11.8 Å². The third-order valence-corrected chi connectivity index (χ3v) is 3.19. The van der Waals surface area contributed by atoms with E-state index in [4.69, 9.17) is 0 Å². The summed E-state index contributed by atoms with van der Waals surface area (Å²) in [5.41, 5.74) is 1.22. The number of rotatable bonds is 6. The molecular weight excluding hydrogens is 195 g/mol. The van der Waals surface area contributed by atoms with Crippen LogP contribution in [0.3, 0.4) is 0 Å². The first-order chi connectivity index (χ1) is 6.83. The second-order valence-corrected chi connectivity index (χ2v) is 4.49. The van der Waals surface area contributed by atoms with Crippen molar-refractivity contribution >= 4 is 11.8 Å². The number of hydrogen-bond acceptors (Lipinski definition) is 1. The predicted molar refractivity (Wildman–Crippen MR) is 62.1 cm³/mol. The molecule has 0 atom stereocenters. The smallest absolute Gasteiger partial charge is 0.123 e. The normalized spacial score (nSPS) is 10.4. The third-order valence-electron chi connectivity index (χ3n) is 2.07. The number of unbranched alkanes of at least 4 members (excludes halogenated alkanes) is 2. The molecule has 0 aliphatic heterocycles. The Kier molecular flexibility index (Phi) is 5.69.